The summed E-state index contributed by atoms with van der Waals surface area (Å²) in [6.07, 6.45) is 8.04. The van der Waals surface area contributed by atoms with E-state index < -0.39 is 11.0 Å². The number of ether oxygens (including phenoxy) is 2. The van der Waals surface area contributed by atoms with E-state index >= 15 is 0 Å². The van der Waals surface area contributed by atoms with Crippen LogP contribution in [0, 0.1) is 0 Å². The van der Waals surface area contributed by atoms with E-state index in [1.165, 1.54) is 12.0 Å². The fourth-order valence-corrected chi connectivity index (χ4v) is 5.75. The second-order valence-corrected chi connectivity index (χ2v) is 11.1. The molecule has 3 rings (SSSR count). The highest BCUT2D eigenvalue weighted by Gasteiger charge is 2.42. The molecule has 164 valence electrons. The molecule has 1 unspecified atom stereocenters. The molecule has 0 radical (unpaired) electrons. The fourth-order valence-electron chi connectivity index (χ4n) is 4.56. The summed E-state index contributed by atoms with van der Waals surface area (Å²) in [5, 5.41) is 1.20. The Balaban J connectivity index is 1.89. The molecule has 0 aromatic heterocycles. The van der Waals surface area contributed by atoms with E-state index in [1.807, 2.05) is 26.0 Å². The van der Waals surface area contributed by atoms with Crippen molar-refractivity contribution in [3.8, 4) is 0 Å². The molecule has 1 aromatic carbocycles. The Bertz CT molecular complexity index is 689. The van der Waals surface area contributed by atoms with Crippen LogP contribution in [0.2, 0.25) is 10.0 Å². The highest BCUT2D eigenvalue weighted by atomic mass is 35.5. The molecule has 2 aliphatic rings. The molecule has 0 bridgehead atoms. The number of nitrogens with one attached hydrogen (secondary N) is 1. The first-order valence-electron chi connectivity index (χ1n) is 10.8. The van der Waals surface area contributed by atoms with Crippen LogP contribution in [0.1, 0.15) is 70.8 Å². The van der Waals surface area contributed by atoms with Crippen LogP contribution in [0.3, 0.4) is 0 Å². The molecule has 2 fully saturated rings. The minimum Gasteiger partial charge on any atom is -0.353 e. The average molecular weight is 462 g/mol. The van der Waals surface area contributed by atoms with Gasteiger partial charge in [0.1, 0.15) is 0 Å². The number of hydrogen-bond acceptors (Lipinski definition) is 3. The van der Waals surface area contributed by atoms with E-state index in [0.29, 0.717) is 10.0 Å². The van der Waals surface area contributed by atoms with Crippen molar-refractivity contribution in [3.05, 3.63) is 33.8 Å². The van der Waals surface area contributed by atoms with Crippen molar-refractivity contribution >= 4 is 34.2 Å². The van der Waals surface area contributed by atoms with Crippen molar-refractivity contribution in [2.45, 2.75) is 88.2 Å². The van der Waals surface area contributed by atoms with Gasteiger partial charge in [-0.25, -0.2) is 8.93 Å². The molecule has 29 heavy (non-hydrogen) atoms. The Morgan fingerprint density at radius 2 is 1.79 bits per heavy atom. The summed E-state index contributed by atoms with van der Waals surface area (Å²) in [7, 11) is -1.11. The third kappa shape index (κ3) is 5.96. The monoisotopic (exact) mass is 461 g/mol. The third-order valence-corrected chi connectivity index (χ3v) is 8.29. The number of hydrogen-bond donors (Lipinski definition) is 1. The van der Waals surface area contributed by atoms with E-state index in [1.54, 1.807) is 0 Å². The van der Waals surface area contributed by atoms with Gasteiger partial charge in [-0.1, -0.05) is 48.5 Å². The van der Waals surface area contributed by atoms with Crippen molar-refractivity contribution in [1.82, 2.24) is 4.72 Å². The maximum Gasteiger partial charge on any atom is 0.157 e. The number of rotatable bonds is 8. The summed E-state index contributed by atoms with van der Waals surface area (Å²) in [6.45, 7) is 5.47. The SMILES string of the molecule is CC(C)[S@@](=O)NC(CCC1OCCCO1)C1(c2ccc(Cl)c(Cl)c2)CCCCC1. The van der Waals surface area contributed by atoms with Crippen LogP contribution in [0.4, 0.5) is 0 Å². The van der Waals surface area contributed by atoms with Crippen LogP contribution < -0.4 is 4.72 Å². The first-order valence-corrected chi connectivity index (χ1v) is 12.7. The van der Waals surface area contributed by atoms with Crippen LogP contribution in [-0.2, 0) is 25.9 Å². The number of benzene rings is 1. The first-order chi connectivity index (χ1) is 13.9. The summed E-state index contributed by atoms with van der Waals surface area (Å²) >= 11 is 12.6. The van der Waals surface area contributed by atoms with E-state index in [-0.39, 0.29) is 23.0 Å². The zero-order chi connectivity index (χ0) is 20.9. The molecule has 7 heteroatoms. The largest absolute Gasteiger partial charge is 0.353 e. The van der Waals surface area contributed by atoms with Gasteiger partial charge in [0.05, 0.1) is 34.2 Å². The molecular weight excluding hydrogens is 429 g/mol. The van der Waals surface area contributed by atoms with Gasteiger partial charge < -0.3 is 9.47 Å². The highest BCUT2D eigenvalue weighted by Crippen LogP contribution is 2.45. The maximum atomic E-state index is 12.8. The van der Waals surface area contributed by atoms with E-state index in [4.69, 9.17) is 32.7 Å². The van der Waals surface area contributed by atoms with Gasteiger partial charge in [0.2, 0.25) is 0 Å². The lowest BCUT2D eigenvalue weighted by Crippen LogP contribution is -2.51. The van der Waals surface area contributed by atoms with Gasteiger partial charge in [-0.3, -0.25) is 0 Å². The zero-order valence-electron chi connectivity index (χ0n) is 17.4. The fraction of sp³-hybridized carbons (Fsp3) is 0.727. The van der Waals surface area contributed by atoms with Crippen LogP contribution >= 0.6 is 23.2 Å². The van der Waals surface area contributed by atoms with E-state index in [2.05, 4.69) is 10.8 Å². The average Bonchev–Trinajstić information content (AvgIpc) is 2.74. The Morgan fingerprint density at radius 3 is 2.41 bits per heavy atom. The third-order valence-electron chi connectivity index (χ3n) is 6.18. The van der Waals surface area contributed by atoms with Crippen molar-refractivity contribution in [3.63, 3.8) is 0 Å². The van der Waals surface area contributed by atoms with Crippen molar-refractivity contribution in [1.29, 1.82) is 0 Å². The summed E-state index contributed by atoms with van der Waals surface area (Å²) in [4.78, 5) is 0. The molecule has 4 nitrogen and oxygen atoms in total. The standard InChI is InChI=1S/C22H33Cl2NO3S/c1-16(2)29(26)25-20(9-10-21-27-13-6-14-28-21)22(11-4-3-5-12-22)17-7-8-18(23)19(24)15-17/h7-8,15-16,20-21,25H,3-6,9-14H2,1-2H3/t20?,29-/m1/s1. The molecule has 1 aliphatic carbocycles. The summed E-state index contributed by atoms with van der Waals surface area (Å²) < 4.78 is 27.9. The predicted octanol–water partition coefficient (Wildman–Crippen LogP) is 5.77. The molecular formula is C22H33Cl2NO3S. The minimum absolute atomic E-state index is 0.0501. The van der Waals surface area contributed by atoms with Crippen molar-refractivity contribution in [2.24, 2.45) is 0 Å². The quantitative estimate of drug-likeness (QED) is 0.534. The minimum atomic E-state index is -1.11. The summed E-state index contributed by atoms with van der Waals surface area (Å²) in [5.41, 5.74) is 1.07. The second kappa shape index (κ2) is 10.9. The van der Waals surface area contributed by atoms with Gasteiger partial charge in [0.15, 0.2) is 6.29 Å². The number of halogens is 2. The molecule has 1 N–H and O–H groups in total. The Labute approximate surface area is 187 Å². The van der Waals surface area contributed by atoms with Gasteiger partial charge in [0, 0.05) is 16.7 Å². The maximum absolute atomic E-state index is 12.8. The van der Waals surface area contributed by atoms with E-state index in [0.717, 1.165) is 58.2 Å². The lowest BCUT2D eigenvalue weighted by atomic mass is 9.64. The molecule has 1 saturated carbocycles. The zero-order valence-corrected chi connectivity index (χ0v) is 19.8. The topological polar surface area (TPSA) is 47.6 Å². The van der Waals surface area contributed by atoms with E-state index in [9.17, 15) is 4.21 Å². The molecule has 0 amide bonds. The summed E-state index contributed by atoms with van der Waals surface area (Å²) in [6, 6.07) is 6.05. The van der Waals surface area contributed by atoms with Gasteiger partial charge in [-0.15, -0.1) is 0 Å². The Hall–Kier alpha value is -0.170. The Kier molecular flexibility index (Phi) is 8.85. The van der Waals surface area contributed by atoms with Gasteiger partial charge >= 0.3 is 0 Å². The van der Waals surface area contributed by atoms with Gasteiger partial charge in [0.25, 0.3) is 0 Å². The molecule has 1 aliphatic heterocycles. The van der Waals surface area contributed by atoms with Crippen LogP contribution in [0.25, 0.3) is 0 Å². The predicted molar refractivity (Wildman–Crippen MR) is 121 cm³/mol. The Morgan fingerprint density at radius 1 is 1.10 bits per heavy atom. The molecule has 1 aromatic rings. The van der Waals surface area contributed by atoms with Gasteiger partial charge in [-0.05, 0) is 63.6 Å². The van der Waals surface area contributed by atoms with Gasteiger partial charge in [-0.2, -0.15) is 0 Å². The van der Waals surface area contributed by atoms with Crippen LogP contribution in [0.15, 0.2) is 18.2 Å². The molecule has 1 heterocycles. The second-order valence-electron chi connectivity index (χ2n) is 8.46. The van der Waals surface area contributed by atoms with Crippen LogP contribution in [-0.4, -0.2) is 35.0 Å². The molecule has 2 atom stereocenters. The molecule has 0 spiro atoms. The highest BCUT2D eigenvalue weighted by molar-refractivity contribution is 7.83. The lowest BCUT2D eigenvalue weighted by Gasteiger charge is -2.45. The lowest BCUT2D eigenvalue weighted by molar-refractivity contribution is -0.182. The van der Waals surface area contributed by atoms with Crippen molar-refractivity contribution < 1.29 is 13.7 Å². The normalized spacial score (nSPS) is 22.5. The molecule has 1 saturated heterocycles. The van der Waals surface area contributed by atoms with Crippen molar-refractivity contribution in [2.75, 3.05) is 13.2 Å². The first kappa shape index (κ1) is 23.5. The smallest absolute Gasteiger partial charge is 0.157 e. The van der Waals surface area contributed by atoms with Crippen LogP contribution in [0.5, 0.6) is 0 Å². The summed E-state index contributed by atoms with van der Waals surface area (Å²) in [5.74, 6) is 0.